The molecule has 1 N–H and O–H groups in total. The number of hydrogen-bond acceptors (Lipinski definition) is 3. The van der Waals surface area contributed by atoms with Gasteiger partial charge in [-0.2, -0.15) is 0 Å². The van der Waals surface area contributed by atoms with E-state index in [9.17, 15) is 8.78 Å². The number of rotatable bonds is 7. The SMILES string of the molecule is CC(C)NCc1cccc(CN(C)CC(F)F)n1. The summed E-state index contributed by atoms with van der Waals surface area (Å²) >= 11 is 0. The standard InChI is InChI=1S/C13H21F2N3/c1-10(2)16-7-11-5-4-6-12(17-11)8-18(3)9-13(14)15/h4-6,10,13,16H,7-9H2,1-3H3. The monoisotopic (exact) mass is 257 g/mol. The molecular weight excluding hydrogens is 236 g/mol. The first-order valence-electron chi connectivity index (χ1n) is 6.12. The van der Waals surface area contributed by atoms with Gasteiger partial charge >= 0.3 is 0 Å². The Labute approximate surface area is 107 Å². The third-order valence-corrected chi connectivity index (χ3v) is 2.44. The lowest BCUT2D eigenvalue weighted by atomic mass is 10.2. The quantitative estimate of drug-likeness (QED) is 0.812. The van der Waals surface area contributed by atoms with E-state index in [0.29, 0.717) is 19.1 Å². The molecule has 0 aliphatic rings. The Hall–Kier alpha value is -1.07. The van der Waals surface area contributed by atoms with Gasteiger partial charge in [-0.25, -0.2) is 8.78 Å². The summed E-state index contributed by atoms with van der Waals surface area (Å²) in [5.74, 6) is 0. The van der Waals surface area contributed by atoms with E-state index < -0.39 is 6.43 Å². The van der Waals surface area contributed by atoms with Crippen molar-refractivity contribution in [3.63, 3.8) is 0 Å². The zero-order chi connectivity index (χ0) is 13.5. The molecule has 0 spiro atoms. The molecule has 1 aromatic heterocycles. The summed E-state index contributed by atoms with van der Waals surface area (Å²) in [6, 6.07) is 6.11. The summed E-state index contributed by atoms with van der Waals surface area (Å²) in [5, 5.41) is 3.28. The second-order valence-electron chi connectivity index (χ2n) is 4.74. The number of nitrogens with zero attached hydrogens (tertiary/aromatic N) is 2. The normalized spacial score (nSPS) is 11.8. The van der Waals surface area contributed by atoms with Crippen molar-refractivity contribution >= 4 is 0 Å². The van der Waals surface area contributed by atoms with Crippen LogP contribution in [-0.2, 0) is 13.1 Å². The first-order chi connectivity index (χ1) is 8.47. The highest BCUT2D eigenvalue weighted by Crippen LogP contribution is 2.05. The van der Waals surface area contributed by atoms with Gasteiger partial charge in [0.25, 0.3) is 6.43 Å². The Balaban J connectivity index is 2.53. The van der Waals surface area contributed by atoms with E-state index in [4.69, 9.17) is 0 Å². The topological polar surface area (TPSA) is 28.2 Å². The van der Waals surface area contributed by atoms with Gasteiger partial charge in [0.15, 0.2) is 0 Å². The minimum atomic E-state index is -2.30. The van der Waals surface area contributed by atoms with Gasteiger partial charge in [-0.15, -0.1) is 0 Å². The minimum Gasteiger partial charge on any atom is -0.309 e. The molecule has 0 aliphatic carbocycles. The van der Waals surface area contributed by atoms with Crippen molar-refractivity contribution in [2.75, 3.05) is 13.6 Å². The maximum atomic E-state index is 12.2. The predicted octanol–water partition coefficient (Wildman–Crippen LogP) is 2.28. The van der Waals surface area contributed by atoms with Crippen LogP contribution in [0.3, 0.4) is 0 Å². The number of alkyl halides is 2. The van der Waals surface area contributed by atoms with Gasteiger partial charge in [-0.1, -0.05) is 19.9 Å². The number of pyridine rings is 1. The Morgan fingerprint density at radius 2 is 1.94 bits per heavy atom. The van der Waals surface area contributed by atoms with E-state index in [2.05, 4.69) is 24.1 Å². The number of hydrogen-bond donors (Lipinski definition) is 1. The maximum absolute atomic E-state index is 12.2. The highest BCUT2D eigenvalue weighted by molar-refractivity contribution is 5.11. The summed E-state index contributed by atoms with van der Waals surface area (Å²) in [6.07, 6.45) is -2.30. The molecule has 0 aliphatic heterocycles. The molecule has 1 rings (SSSR count). The van der Waals surface area contributed by atoms with Crippen molar-refractivity contribution in [3.05, 3.63) is 29.6 Å². The van der Waals surface area contributed by atoms with Crippen LogP contribution in [0.2, 0.25) is 0 Å². The molecule has 3 nitrogen and oxygen atoms in total. The summed E-state index contributed by atoms with van der Waals surface area (Å²) < 4.78 is 24.4. The molecule has 0 radical (unpaired) electrons. The van der Waals surface area contributed by atoms with Gasteiger partial charge < -0.3 is 5.32 Å². The highest BCUT2D eigenvalue weighted by Gasteiger charge is 2.09. The maximum Gasteiger partial charge on any atom is 0.251 e. The van der Waals surface area contributed by atoms with Crippen LogP contribution in [0.5, 0.6) is 0 Å². The zero-order valence-electron chi connectivity index (χ0n) is 11.2. The largest absolute Gasteiger partial charge is 0.309 e. The van der Waals surface area contributed by atoms with E-state index in [0.717, 1.165) is 11.4 Å². The Bertz CT molecular complexity index is 356. The van der Waals surface area contributed by atoms with Gasteiger partial charge in [-0.05, 0) is 19.2 Å². The summed E-state index contributed by atoms with van der Waals surface area (Å²) in [4.78, 5) is 6.02. The average molecular weight is 257 g/mol. The van der Waals surface area contributed by atoms with E-state index in [1.807, 2.05) is 18.2 Å². The van der Waals surface area contributed by atoms with Crippen molar-refractivity contribution in [2.24, 2.45) is 0 Å². The molecule has 0 fully saturated rings. The van der Waals surface area contributed by atoms with Gasteiger partial charge in [-0.3, -0.25) is 9.88 Å². The molecule has 1 heterocycles. The lowest BCUT2D eigenvalue weighted by Gasteiger charge is -2.16. The molecule has 0 unspecified atom stereocenters. The molecule has 0 bridgehead atoms. The second-order valence-corrected chi connectivity index (χ2v) is 4.74. The summed E-state index contributed by atoms with van der Waals surface area (Å²) in [6.45, 7) is 5.06. The van der Waals surface area contributed by atoms with Crippen LogP contribution in [-0.4, -0.2) is 35.9 Å². The lowest BCUT2D eigenvalue weighted by Crippen LogP contribution is -2.25. The Morgan fingerprint density at radius 1 is 1.28 bits per heavy atom. The minimum absolute atomic E-state index is 0.226. The third-order valence-electron chi connectivity index (χ3n) is 2.44. The fourth-order valence-corrected chi connectivity index (χ4v) is 1.60. The molecule has 0 saturated carbocycles. The molecule has 0 amide bonds. The second kappa shape index (κ2) is 7.38. The Kier molecular flexibility index (Phi) is 6.15. The first-order valence-corrected chi connectivity index (χ1v) is 6.12. The van der Waals surface area contributed by atoms with Crippen molar-refractivity contribution in [1.29, 1.82) is 0 Å². The van der Waals surface area contributed by atoms with Crippen molar-refractivity contribution in [1.82, 2.24) is 15.2 Å². The van der Waals surface area contributed by atoms with Gasteiger partial charge in [0, 0.05) is 19.1 Å². The van der Waals surface area contributed by atoms with Crippen LogP contribution < -0.4 is 5.32 Å². The number of aromatic nitrogens is 1. The fraction of sp³-hybridized carbons (Fsp3) is 0.615. The molecule has 0 saturated heterocycles. The molecule has 102 valence electrons. The van der Waals surface area contributed by atoms with Crippen LogP contribution in [0, 0.1) is 0 Å². The average Bonchev–Trinajstić information content (AvgIpc) is 2.25. The molecule has 0 aromatic carbocycles. The van der Waals surface area contributed by atoms with E-state index >= 15 is 0 Å². The van der Waals surface area contributed by atoms with E-state index in [1.165, 1.54) is 0 Å². The van der Waals surface area contributed by atoms with Crippen molar-refractivity contribution in [2.45, 2.75) is 39.4 Å². The van der Waals surface area contributed by atoms with Crippen molar-refractivity contribution < 1.29 is 8.78 Å². The van der Waals surface area contributed by atoms with Gasteiger partial charge in [0.05, 0.1) is 17.9 Å². The zero-order valence-corrected chi connectivity index (χ0v) is 11.2. The lowest BCUT2D eigenvalue weighted by molar-refractivity contribution is 0.0970. The summed E-state index contributed by atoms with van der Waals surface area (Å²) in [5.41, 5.74) is 1.76. The van der Waals surface area contributed by atoms with Gasteiger partial charge in [0.1, 0.15) is 0 Å². The molecule has 18 heavy (non-hydrogen) atoms. The smallest absolute Gasteiger partial charge is 0.251 e. The van der Waals surface area contributed by atoms with Crippen LogP contribution in [0.1, 0.15) is 25.2 Å². The van der Waals surface area contributed by atoms with Crippen LogP contribution in [0.4, 0.5) is 8.78 Å². The molecule has 0 atom stereocenters. The van der Waals surface area contributed by atoms with Crippen LogP contribution >= 0.6 is 0 Å². The van der Waals surface area contributed by atoms with Gasteiger partial charge in [0.2, 0.25) is 0 Å². The molecule has 1 aromatic rings. The van der Waals surface area contributed by atoms with E-state index in [1.54, 1.807) is 11.9 Å². The first kappa shape index (κ1) is 15.0. The molecular formula is C13H21F2N3. The summed E-state index contributed by atoms with van der Waals surface area (Å²) in [7, 11) is 1.67. The fourth-order valence-electron chi connectivity index (χ4n) is 1.60. The van der Waals surface area contributed by atoms with Crippen molar-refractivity contribution in [3.8, 4) is 0 Å². The van der Waals surface area contributed by atoms with E-state index in [-0.39, 0.29) is 6.54 Å². The predicted molar refractivity (Wildman–Crippen MR) is 68.6 cm³/mol. The van der Waals surface area contributed by atoms with Crippen LogP contribution in [0.25, 0.3) is 0 Å². The Morgan fingerprint density at radius 3 is 2.56 bits per heavy atom. The molecule has 5 heteroatoms. The number of nitrogens with one attached hydrogen (secondary N) is 1. The highest BCUT2D eigenvalue weighted by atomic mass is 19.3. The third kappa shape index (κ3) is 6.02. The van der Waals surface area contributed by atoms with Crippen LogP contribution in [0.15, 0.2) is 18.2 Å². The number of halogens is 2.